The van der Waals surface area contributed by atoms with Crippen LogP contribution in [0.5, 0.6) is 0 Å². The SMILES string of the molecule is NCc1cccc(CNC(=O)c2ccnc(Cl)c2)c1. The van der Waals surface area contributed by atoms with Gasteiger partial charge in [0.2, 0.25) is 0 Å². The maximum absolute atomic E-state index is 11.9. The fourth-order valence-corrected chi connectivity index (χ4v) is 1.87. The summed E-state index contributed by atoms with van der Waals surface area (Å²) in [5.74, 6) is -0.178. The van der Waals surface area contributed by atoms with Gasteiger partial charge < -0.3 is 11.1 Å². The van der Waals surface area contributed by atoms with Crippen LogP contribution in [0.3, 0.4) is 0 Å². The molecule has 2 rings (SSSR count). The topological polar surface area (TPSA) is 68.0 Å². The predicted molar refractivity (Wildman–Crippen MR) is 74.8 cm³/mol. The van der Waals surface area contributed by atoms with Crippen LogP contribution in [0.2, 0.25) is 5.15 Å². The fourth-order valence-electron chi connectivity index (χ4n) is 1.69. The monoisotopic (exact) mass is 275 g/mol. The molecule has 0 aliphatic rings. The van der Waals surface area contributed by atoms with E-state index in [4.69, 9.17) is 17.3 Å². The summed E-state index contributed by atoms with van der Waals surface area (Å²) >= 11 is 5.74. The average molecular weight is 276 g/mol. The maximum Gasteiger partial charge on any atom is 0.251 e. The molecule has 98 valence electrons. The van der Waals surface area contributed by atoms with E-state index >= 15 is 0 Å². The van der Waals surface area contributed by atoms with Crippen LogP contribution in [0, 0.1) is 0 Å². The van der Waals surface area contributed by atoms with Gasteiger partial charge in [-0.1, -0.05) is 35.9 Å². The molecule has 1 amide bonds. The van der Waals surface area contributed by atoms with Gasteiger partial charge in [0.05, 0.1) is 0 Å². The van der Waals surface area contributed by atoms with Crippen LogP contribution in [-0.2, 0) is 13.1 Å². The molecular weight excluding hydrogens is 262 g/mol. The molecule has 0 fully saturated rings. The second-order valence-electron chi connectivity index (χ2n) is 4.07. The number of nitrogens with two attached hydrogens (primary N) is 1. The first kappa shape index (κ1) is 13.5. The summed E-state index contributed by atoms with van der Waals surface area (Å²) in [6.45, 7) is 0.939. The highest BCUT2D eigenvalue weighted by atomic mass is 35.5. The molecule has 1 aromatic carbocycles. The van der Waals surface area contributed by atoms with Crippen molar-refractivity contribution >= 4 is 17.5 Å². The lowest BCUT2D eigenvalue weighted by atomic mass is 10.1. The van der Waals surface area contributed by atoms with Crippen molar-refractivity contribution < 1.29 is 4.79 Å². The third-order valence-electron chi connectivity index (χ3n) is 2.67. The molecule has 0 aliphatic heterocycles. The van der Waals surface area contributed by atoms with E-state index in [1.807, 2.05) is 24.3 Å². The number of hydrogen-bond donors (Lipinski definition) is 2. The summed E-state index contributed by atoms with van der Waals surface area (Å²) in [7, 11) is 0. The Morgan fingerprint density at radius 2 is 2.05 bits per heavy atom. The maximum atomic E-state index is 11.9. The smallest absolute Gasteiger partial charge is 0.251 e. The number of nitrogens with one attached hydrogen (secondary N) is 1. The van der Waals surface area contributed by atoms with Gasteiger partial charge in [-0.25, -0.2) is 4.98 Å². The van der Waals surface area contributed by atoms with Gasteiger partial charge in [-0.2, -0.15) is 0 Å². The molecule has 0 aliphatic carbocycles. The minimum Gasteiger partial charge on any atom is -0.348 e. The average Bonchev–Trinajstić information content (AvgIpc) is 2.45. The second-order valence-corrected chi connectivity index (χ2v) is 4.46. The standard InChI is InChI=1S/C14H14ClN3O/c15-13-7-12(4-5-17-13)14(19)18-9-11-3-1-2-10(6-11)8-16/h1-7H,8-9,16H2,(H,18,19). The van der Waals surface area contributed by atoms with Gasteiger partial charge >= 0.3 is 0 Å². The lowest BCUT2D eigenvalue weighted by Gasteiger charge is -2.06. The summed E-state index contributed by atoms with van der Waals surface area (Å²) in [4.78, 5) is 15.7. The van der Waals surface area contributed by atoms with Gasteiger partial charge in [0.15, 0.2) is 0 Å². The van der Waals surface area contributed by atoms with Crippen molar-refractivity contribution in [3.63, 3.8) is 0 Å². The second kappa shape index (κ2) is 6.31. The minimum absolute atomic E-state index is 0.178. The van der Waals surface area contributed by atoms with Gasteiger partial charge in [0.25, 0.3) is 5.91 Å². The Morgan fingerprint density at radius 1 is 1.26 bits per heavy atom. The number of pyridine rings is 1. The highest BCUT2D eigenvalue weighted by Crippen LogP contribution is 2.08. The number of aromatic nitrogens is 1. The first-order valence-electron chi connectivity index (χ1n) is 5.86. The Morgan fingerprint density at radius 3 is 2.79 bits per heavy atom. The fraction of sp³-hybridized carbons (Fsp3) is 0.143. The zero-order valence-corrected chi connectivity index (χ0v) is 11.0. The van der Waals surface area contributed by atoms with Gasteiger partial charge in [-0.05, 0) is 23.3 Å². The predicted octanol–water partition coefficient (Wildman–Crippen LogP) is 2.12. The highest BCUT2D eigenvalue weighted by molar-refractivity contribution is 6.29. The lowest BCUT2D eigenvalue weighted by Crippen LogP contribution is -2.22. The minimum atomic E-state index is -0.178. The zero-order chi connectivity index (χ0) is 13.7. The molecule has 0 bridgehead atoms. The number of amides is 1. The summed E-state index contributed by atoms with van der Waals surface area (Å²) in [6.07, 6.45) is 1.51. The van der Waals surface area contributed by atoms with Crippen LogP contribution in [0.25, 0.3) is 0 Å². The molecule has 2 aromatic rings. The van der Waals surface area contributed by atoms with E-state index in [1.165, 1.54) is 12.3 Å². The molecule has 0 unspecified atom stereocenters. The van der Waals surface area contributed by atoms with Gasteiger partial charge in [0, 0.05) is 24.8 Å². The largest absolute Gasteiger partial charge is 0.348 e. The Labute approximate surface area is 116 Å². The quantitative estimate of drug-likeness (QED) is 0.840. The van der Waals surface area contributed by atoms with Crippen molar-refractivity contribution in [3.8, 4) is 0 Å². The molecular formula is C14H14ClN3O. The van der Waals surface area contributed by atoms with Crippen LogP contribution in [0.15, 0.2) is 42.6 Å². The van der Waals surface area contributed by atoms with Crippen LogP contribution < -0.4 is 11.1 Å². The molecule has 1 aromatic heterocycles. The molecule has 0 saturated carbocycles. The number of benzene rings is 1. The normalized spacial score (nSPS) is 10.2. The Kier molecular flexibility index (Phi) is 4.49. The number of carbonyl (C=O) groups is 1. The molecule has 3 N–H and O–H groups in total. The van der Waals surface area contributed by atoms with Crippen molar-refractivity contribution in [3.05, 3.63) is 64.4 Å². The van der Waals surface area contributed by atoms with E-state index in [2.05, 4.69) is 10.3 Å². The first-order chi connectivity index (χ1) is 9.19. The molecule has 0 spiro atoms. The third-order valence-corrected chi connectivity index (χ3v) is 2.88. The van der Waals surface area contributed by atoms with Crippen molar-refractivity contribution in [2.75, 3.05) is 0 Å². The van der Waals surface area contributed by atoms with Gasteiger partial charge in [-0.15, -0.1) is 0 Å². The third kappa shape index (κ3) is 3.77. The van der Waals surface area contributed by atoms with Crippen LogP contribution in [0.4, 0.5) is 0 Å². The molecule has 0 radical (unpaired) electrons. The van der Waals surface area contributed by atoms with Crippen molar-refractivity contribution in [2.45, 2.75) is 13.1 Å². The lowest BCUT2D eigenvalue weighted by molar-refractivity contribution is 0.0951. The molecule has 0 saturated heterocycles. The summed E-state index contributed by atoms with van der Waals surface area (Å²) in [5.41, 5.74) is 8.12. The van der Waals surface area contributed by atoms with Crippen LogP contribution in [0.1, 0.15) is 21.5 Å². The van der Waals surface area contributed by atoms with Crippen molar-refractivity contribution in [1.82, 2.24) is 10.3 Å². The van der Waals surface area contributed by atoms with E-state index in [-0.39, 0.29) is 5.91 Å². The Hall–Kier alpha value is -1.91. The van der Waals surface area contributed by atoms with Crippen molar-refractivity contribution in [2.24, 2.45) is 5.73 Å². The molecule has 19 heavy (non-hydrogen) atoms. The van der Waals surface area contributed by atoms with E-state index in [0.717, 1.165) is 11.1 Å². The van der Waals surface area contributed by atoms with Gasteiger partial charge in [-0.3, -0.25) is 4.79 Å². The zero-order valence-electron chi connectivity index (χ0n) is 10.3. The van der Waals surface area contributed by atoms with E-state index in [1.54, 1.807) is 6.07 Å². The van der Waals surface area contributed by atoms with E-state index in [0.29, 0.717) is 23.8 Å². The van der Waals surface area contributed by atoms with E-state index < -0.39 is 0 Å². The number of carbonyl (C=O) groups excluding carboxylic acids is 1. The Balaban J connectivity index is 2.00. The van der Waals surface area contributed by atoms with Gasteiger partial charge in [0.1, 0.15) is 5.15 Å². The number of nitrogens with zero attached hydrogens (tertiary/aromatic N) is 1. The highest BCUT2D eigenvalue weighted by Gasteiger charge is 2.06. The first-order valence-corrected chi connectivity index (χ1v) is 6.24. The number of hydrogen-bond acceptors (Lipinski definition) is 3. The van der Waals surface area contributed by atoms with Crippen LogP contribution >= 0.6 is 11.6 Å². The van der Waals surface area contributed by atoms with Crippen LogP contribution in [-0.4, -0.2) is 10.9 Å². The number of halogens is 1. The van der Waals surface area contributed by atoms with Crippen molar-refractivity contribution in [1.29, 1.82) is 0 Å². The molecule has 5 heteroatoms. The Bertz CT molecular complexity index is 586. The van der Waals surface area contributed by atoms with E-state index in [9.17, 15) is 4.79 Å². The number of rotatable bonds is 4. The molecule has 0 atom stereocenters. The summed E-state index contributed by atoms with van der Waals surface area (Å²) < 4.78 is 0. The summed E-state index contributed by atoms with van der Waals surface area (Å²) in [6, 6.07) is 10.9. The summed E-state index contributed by atoms with van der Waals surface area (Å²) in [5, 5.41) is 3.13. The molecule has 4 nitrogen and oxygen atoms in total. The molecule has 1 heterocycles.